The number of piperidine rings is 1. The number of carbonyl (C=O) groups excluding carboxylic acids is 1. The van der Waals surface area contributed by atoms with Crippen molar-refractivity contribution in [2.75, 3.05) is 20.1 Å². The Labute approximate surface area is 159 Å². The Kier molecular flexibility index (Phi) is 6.27. The van der Waals surface area contributed by atoms with Crippen molar-refractivity contribution in [2.24, 2.45) is 5.41 Å². The minimum Gasteiger partial charge on any atom is -0.359 e. The van der Waals surface area contributed by atoms with Crippen molar-refractivity contribution in [3.05, 3.63) is 53.9 Å². The van der Waals surface area contributed by atoms with E-state index < -0.39 is 0 Å². The lowest BCUT2D eigenvalue weighted by Gasteiger charge is -2.37. The Bertz CT molecular complexity index is 712. The van der Waals surface area contributed by atoms with E-state index >= 15 is 0 Å². The first-order valence-corrected chi connectivity index (χ1v) is 10.00. The fourth-order valence-corrected chi connectivity index (χ4v) is 3.96. The maximum atomic E-state index is 12.0. The SMILES string of the molecule is CNC(=O)C1(C)CCN(Cc2cnc(SCc3ccccc3)nc2)CC1. The van der Waals surface area contributed by atoms with E-state index in [9.17, 15) is 4.79 Å². The van der Waals surface area contributed by atoms with Gasteiger partial charge in [-0.25, -0.2) is 9.97 Å². The Balaban J connectivity index is 1.48. The van der Waals surface area contributed by atoms with E-state index in [-0.39, 0.29) is 11.3 Å². The highest BCUT2D eigenvalue weighted by atomic mass is 32.2. The predicted molar refractivity (Wildman–Crippen MR) is 105 cm³/mol. The zero-order valence-corrected chi connectivity index (χ0v) is 16.3. The molecule has 1 aliphatic rings. The van der Waals surface area contributed by atoms with Gasteiger partial charge in [-0.05, 0) is 31.5 Å². The van der Waals surface area contributed by atoms with Crippen LogP contribution in [0.2, 0.25) is 0 Å². The van der Waals surface area contributed by atoms with E-state index in [4.69, 9.17) is 0 Å². The van der Waals surface area contributed by atoms with Crippen LogP contribution in [0.4, 0.5) is 0 Å². The number of carbonyl (C=O) groups is 1. The summed E-state index contributed by atoms with van der Waals surface area (Å²) in [6, 6.07) is 10.4. The molecule has 1 saturated heterocycles. The maximum Gasteiger partial charge on any atom is 0.225 e. The molecule has 0 bridgehead atoms. The van der Waals surface area contributed by atoms with E-state index in [1.54, 1.807) is 18.8 Å². The Morgan fingerprint density at radius 1 is 1.15 bits per heavy atom. The van der Waals surface area contributed by atoms with Gasteiger partial charge in [-0.1, -0.05) is 49.0 Å². The number of aromatic nitrogens is 2. The first-order chi connectivity index (χ1) is 12.6. The fourth-order valence-electron chi connectivity index (χ4n) is 3.21. The zero-order valence-electron chi connectivity index (χ0n) is 15.4. The lowest BCUT2D eigenvalue weighted by atomic mass is 9.79. The molecule has 6 heteroatoms. The fraction of sp³-hybridized carbons (Fsp3) is 0.450. The minimum absolute atomic E-state index is 0.153. The van der Waals surface area contributed by atoms with Crippen molar-refractivity contribution < 1.29 is 4.79 Å². The number of benzene rings is 1. The standard InChI is InChI=1S/C20H26N4OS/c1-20(18(25)21-2)8-10-24(11-9-20)14-17-12-22-19(23-13-17)26-15-16-6-4-3-5-7-16/h3-7,12-13H,8-11,14-15H2,1-2H3,(H,21,25). The quantitative estimate of drug-likeness (QED) is 0.625. The third-order valence-corrected chi connectivity index (χ3v) is 5.98. The van der Waals surface area contributed by atoms with Crippen LogP contribution >= 0.6 is 11.8 Å². The summed E-state index contributed by atoms with van der Waals surface area (Å²) in [5.74, 6) is 1.03. The van der Waals surface area contributed by atoms with Crippen molar-refractivity contribution in [3.63, 3.8) is 0 Å². The smallest absolute Gasteiger partial charge is 0.225 e. The number of likely N-dealkylation sites (tertiary alicyclic amines) is 1. The van der Waals surface area contributed by atoms with Crippen LogP contribution in [0.15, 0.2) is 47.9 Å². The third-order valence-electron chi connectivity index (χ3n) is 5.03. The van der Waals surface area contributed by atoms with Gasteiger partial charge >= 0.3 is 0 Å². The molecule has 0 atom stereocenters. The number of amides is 1. The summed E-state index contributed by atoms with van der Waals surface area (Å²) in [5.41, 5.74) is 2.16. The van der Waals surface area contributed by atoms with Crippen molar-refractivity contribution in [1.82, 2.24) is 20.2 Å². The van der Waals surface area contributed by atoms with Crippen molar-refractivity contribution in [3.8, 4) is 0 Å². The molecule has 2 heterocycles. The van der Waals surface area contributed by atoms with E-state index in [1.165, 1.54) is 5.56 Å². The van der Waals surface area contributed by atoms with Gasteiger partial charge in [0.15, 0.2) is 5.16 Å². The molecular formula is C20H26N4OS. The summed E-state index contributed by atoms with van der Waals surface area (Å²) in [6.45, 7) is 4.75. The van der Waals surface area contributed by atoms with Crippen LogP contribution in [-0.2, 0) is 17.1 Å². The lowest BCUT2D eigenvalue weighted by molar-refractivity contribution is -0.132. The average molecular weight is 371 g/mol. The number of thioether (sulfide) groups is 1. The van der Waals surface area contributed by atoms with Crippen molar-refractivity contribution in [2.45, 2.75) is 37.2 Å². The van der Waals surface area contributed by atoms with Gasteiger partial charge in [-0.3, -0.25) is 9.69 Å². The highest BCUT2D eigenvalue weighted by Crippen LogP contribution is 2.31. The normalized spacial score (nSPS) is 17.0. The van der Waals surface area contributed by atoms with Gasteiger partial charge in [0.05, 0.1) is 0 Å². The summed E-state index contributed by atoms with van der Waals surface area (Å²) >= 11 is 1.65. The van der Waals surface area contributed by atoms with Gasteiger partial charge in [0.2, 0.25) is 5.91 Å². The monoisotopic (exact) mass is 370 g/mol. The van der Waals surface area contributed by atoms with E-state index in [2.05, 4.69) is 39.2 Å². The number of hydrogen-bond acceptors (Lipinski definition) is 5. The summed E-state index contributed by atoms with van der Waals surface area (Å²) < 4.78 is 0. The maximum absolute atomic E-state index is 12.0. The first kappa shape index (κ1) is 18.9. The molecule has 0 saturated carbocycles. The molecule has 26 heavy (non-hydrogen) atoms. The number of nitrogens with zero attached hydrogens (tertiary/aromatic N) is 3. The molecule has 138 valence electrons. The van der Waals surface area contributed by atoms with E-state index in [1.807, 2.05) is 30.6 Å². The molecule has 1 aromatic carbocycles. The van der Waals surface area contributed by atoms with E-state index in [0.717, 1.165) is 48.9 Å². The van der Waals surface area contributed by atoms with Gasteiger partial charge in [0.25, 0.3) is 0 Å². The second kappa shape index (κ2) is 8.64. The average Bonchev–Trinajstić information content (AvgIpc) is 2.69. The number of nitrogens with one attached hydrogen (secondary N) is 1. The molecule has 1 aliphatic heterocycles. The Hall–Kier alpha value is -1.92. The minimum atomic E-state index is -0.236. The van der Waals surface area contributed by atoms with Crippen LogP contribution in [0.25, 0.3) is 0 Å². The van der Waals surface area contributed by atoms with Gasteiger partial charge in [0.1, 0.15) is 0 Å². The Morgan fingerprint density at radius 2 is 1.81 bits per heavy atom. The molecule has 0 radical (unpaired) electrons. The van der Waals surface area contributed by atoms with Crippen LogP contribution in [0.5, 0.6) is 0 Å². The largest absolute Gasteiger partial charge is 0.359 e. The predicted octanol–water partition coefficient (Wildman–Crippen LogP) is 3.12. The molecule has 1 aromatic heterocycles. The summed E-state index contributed by atoms with van der Waals surface area (Å²) in [7, 11) is 1.72. The molecule has 5 nitrogen and oxygen atoms in total. The van der Waals surface area contributed by atoms with Crippen molar-refractivity contribution in [1.29, 1.82) is 0 Å². The highest BCUT2D eigenvalue weighted by molar-refractivity contribution is 7.98. The number of rotatable bonds is 6. The highest BCUT2D eigenvalue weighted by Gasteiger charge is 2.36. The van der Waals surface area contributed by atoms with E-state index in [0.29, 0.717) is 0 Å². The van der Waals surface area contributed by atoms with Gasteiger partial charge < -0.3 is 5.32 Å². The second-order valence-corrected chi connectivity index (χ2v) is 8.01. The lowest BCUT2D eigenvalue weighted by Crippen LogP contribution is -2.46. The molecule has 1 amide bonds. The topological polar surface area (TPSA) is 58.1 Å². The molecule has 0 aliphatic carbocycles. The van der Waals surface area contributed by atoms with Crippen LogP contribution in [-0.4, -0.2) is 40.9 Å². The first-order valence-electron chi connectivity index (χ1n) is 9.01. The summed E-state index contributed by atoms with van der Waals surface area (Å²) in [6.07, 6.45) is 5.62. The Morgan fingerprint density at radius 3 is 2.42 bits per heavy atom. The molecule has 0 spiro atoms. The second-order valence-electron chi connectivity index (χ2n) is 7.06. The molecular weight excluding hydrogens is 344 g/mol. The molecule has 1 N–H and O–H groups in total. The molecule has 1 fully saturated rings. The van der Waals surface area contributed by atoms with Gasteiger partial charge in [-0.15, -0.1) is 0 Å². The summed E-state index contributed by atoms with van der Waals surface area (Å²) in [4.78, 5) is 23.4. The van der Waals surface area contributed by atoms with Crippen LogP contribution in [0.1, 0.15) is 30.9 Å². The van der Waals surface area contributed by atoms with Crippen LogP contribution in [0, 0.1) is 5.41 Å². The van der Waals surface area contributed by atoms with Gasteiger partial charge in [-0.2, -0.15) is 0 Å². The van der Waals surface area contributed by atoms with Gasteiger partial charge in [0, 0.05) is 42.7 Å². The molecule has 3 rings (SSSR count). The zero-order chi connectivity index (χ0) is 18.4. The van der Waals surface area contributed by atoms with Crippen LogP contribution < -0.4 is 5.32 Å². The third kappa shape index (κ3) is 4.83. The molecule has 2 aromatic rings. The summed E-state index contributed by atoms with van der Waals surface area (Å²) in [5, 5.41) is 3.60. The van der Waals surface area contributed by atoms with Crippen molar-refractivity contribution >= 4 is 17.7 Å². The number of hydrogen-bond donors (Lipinski definition) is 1. The molecule has 0 unspecified atom stereocenters. The van der Waals surface area contributed by atoms with Crippen LogP contribution in [0.3, 0.4) is 0 Å².